The number of anilines is 1. The van der Waals surface area contributed by atoms with Gasteiger partial charge in [-0.05, 0) is 51.1 Å². The highest BCUT2D eigenvalue weighted by Gasteiger charge is 2.35. The van der Waals surface area contributed by atoms with Gasteiger partial charge in [0.25, 0.3) is 0 Å². The molecule has 8 heteroatoms. The molecular formula is C41H43N7O. The second-order valence-corrected chi connectivity index (χ2v) is 12.1. The second kappa shape index (κ2) is 17.0. The van der Waals surface area contributed by atoms with Gasteiger partial charge in [0.05, 0.1) is 12.1 Å². The SMILES string of the molecule is O=C(CCNC(c1ccccc1)(c1ccccc1)c1ccccc1)NCCCCN(Cc1ccccc1)c1nnnn1Cc1ccccc1. The van der Waals surface area contributed by atoms with E-state index in [1.54, 1.807) is 0 Å². The number of aromatic nitrogens is 4. The number of carbonyl (C=O) groups is 1. The van der Waals surface area contributed by atoms with Gasteiger partial charge >= 0.3 is 0 Å². The summed E-state index contributed by atoms with van der Waals surface area (Å²) in [6, 6.07) is 52.0. The number of tetrazole rings is 1. The maximum absolute atomic E-state index is 13.1. The monoisotopic (exact) mass is 649 g/mol. The molecule has 1 amide bonds. The fourth-order valence-corrected chi connectivity index (χ4v) is 6.32. The van der Waals surface area contributed by atoms with Crippen molar-refractivity contribution in [3.05, 3.63) is 179 Å². The van der Waals surface area contributed by atoms with Crippen molar-refractivity contribution in [1.29, 1.82) is 0 Å². The Morgan fingerprint density at radius 2 is 1.14 bits per heavy atom. The Bertz CT molecular complexity index is 1740. The van der Waals surface area contributed by atoms with Crippen LogP contribution in [0.25, 0.3) is 0 Å². The first-order valence-corrected chi connectivity index (χ1v) is 17.0. The van der Waals surface area contributed by atoms with E-state index in [-0.39, 0.29) is 5.91 Å². The Morgan fingerprint density at radius 1 is 0.633 bits per heavy atom. The molecule has 8 nitrogen and oxygen atoms in total. The third kappa shape index (κ3) is 8.66. The van der Waals surface area contributed by atoms with E-state index in [0.29, 0.717) is 32.6 Å². The highest BCUT2D eigenvalue weighted by Crippen LogP contribution is 2.36. The molecule has 0 atom stereocenters. The van der Waals surface area contributed by atoms with E-state index < -0.39 is 5.54 Å². The smallest absolute Gasteiger partial charge is 0.246 e. The number of hydrogen-bond acceptors (Lipinski definition) is 6. The van der Waals surface area contributed by atoms with Crippen LogP contribution in [0.1, 0.15) is 47.1 Å². The number of nitrogens with zero attached hydrogens (tertiary/aromatic N) is 5. The molecule has 0 spiro atoms. The summed E-state index contributed by atoms with van der Waals surface area (Å²) >= 11 is 0. The summed E-state index contributed by atoms with van der Waals surface area (Å²) in [5.74, 6) is 0.769. The molecule has 0 aliphatic heterocycles. The van der Waals surface area contributed by atoms with Gasteiger partial charge in [0.1, 0.15) is 0 Å². The van der Waals surface area contributed by atoms with Crippen LogP contribution in [-0.2, 0) is 23.4 Å². The molecule has 0 radical (unpaired) electrons. The Kier molecular flexibility index (Phi) is 11.5. The van der Waals surface area contributed by atoms with Crippen LogP contribution in [0.2, 0.25) is 0 Å². The van der Waals surface area contributed by atoms with Gasteiger partial charge in [-0.15, -0.1) is 0 Å². The first-order chi connectivity index (χ1) is 24.2. The Labute approximate surface area is 288 Å². The molecule has 5 aromatic carbocycles. The van der Waals surface area contributed by atoms with Crippen molar-refractivity contribution in [2.45, 2.75) is 37.9 Å². The first-order valence-electron chi connectivity index (χ1n) is 17.0. The van der Waals surface area contributed by atoms with Gasteiger partial charge in [0.2, 0.25) is 11.9 Å². The molecule has 2 N–H and O–H groups in total. The van der Waals surface area contributed by atoms with Gasteiger partial charge in [0.15, 0.2) is 0 Å². The van der Waals surface area contributed by atoms with E-state index in [9.17, 15) is 4.79 Å². The molecule has 49 heavy (non-hydrogen) atoms. The summed E-state index contributed by atoms with van der Waals surface area (Å²) in [6.45, 7) is 3.17. The van der Waals surface area contributed by atoms with Crippen LogP contribution >= 0.6 is 0 Å². The van der Waals surface area contributed by atoms with Gasteiger partial charge in [0, 0.05) is 32.6 Å². The maximum atomic E-state index is 13.1. The Balaban J connectivity index is 1.05. The number of rotatable bonds is 17. The van der Waals surface area contributed by atoms with Crippen LogP contribution in [0.5, 0.6) is 0 Å². The van der Waals surface area contributed by atoms with E-state index in [1.807, 2.05) is 47.1 Å². The van der Waals surface area contributed by atoms with Gasteiger partial charge in [-0.3, -0.25) is 10.1 Å². The van der Waals surface area contributed by atoms with Crippen LogP contribution in [0.15, 0.2) is 152 Å². The predicted molar refractivity (Wildman–Crippen MR) is 195 cm³/mol. The van der Waals surface area contributed by atoms with Crippen LogP contribution in [0, 0.1) is 0 Å². The average molecular weight is 650 g/mol. The van der Waals surface area contributed by atoms with Crippen molar-refractivity contribution in [1.82, 2.24) is 30.8 Å². The lowest BCUT2D eigenvalue weighted by Crippen LogP contribution is -2.46. The minimum atomic E-state index is -0.595. The van der Waals surface area contributed by atoms with Crippen molar-refractivity contribution < 1.29 is 4.79 Å². The van der Waals surface area contributed by atoms with E-state index in [4.69, 9.17) is 0 Å². The largest absolute Gasteiger partial charge is 0.356 e. The molecule has 0 aliphatic rings. The summed E-state index contributed by atoms with van der Waals surface area (Å²) in [5, 5.41) is 19.7. The van der Waals surface area contributed by atoms with Crippen molar-refractivity contribution in [2.24, 2.45) is 0 Å². The molecule has 0 aliphatic carbocycles. The van der Waals surface area contributed by atoms with E-state index in [1.165, 1.54) is 5.56 Å². The zero-order valence-electron chi connectivity index (χ0n) is 27.7. The maximum Gasteiger partial charge on any atom is 0.246 e. The summed E-state index contributed by atoms with van der Waals surface area (Å²) < 4.78 is 1.85. The predicted octanol–water partition coefficient (Wildman–Crippen LogP) is 6.60. The fourth-order valence-electron chi connectivity index (χ4n) is 6.32. The third-order valence-electron chi connectivity index (χ3n) is 8.73. The molecule has 248 valence electrons. The van der Waals surface area contributed by atoms with Crippen molar-refractivity contribution in [3.63, 3.8) is 0 Å². The lowest BCUT2D eigenvalue weighted by Gasteiger charge is -2.37. The molecule has 0 bridgehead atoms. The molecule has 0 saturated heterocycles. The number of unbranched alkanes of at least 4 members (excludes halogenated alkanes) is 1. The van der Waals surface area contributed by atoms with Crippen LogP contribution in [0.4, 0.5) is 5.95 Å². The normalized spacial score (nSPS) is 11.3. The zero-order chi connectivity index (χ0) is 33.6. The lowest BCUT2D eigenvalue weighted by molar-refractivity contribution is -0.121. The lowest BCUT2D eigenvalue weighted by atomic mass is 9.77. The standard InChI is InChI=1S/C41H43N7O/c49-39(28-30-43-41(36-22-10-3-11-23-36,37-24-12-4-13-25-37)38-26-14-5-15-27-38)42-29-16-17-31-47(32-34-18-6-1-7-19-34)40-44-45-46-48(40)33-35-20-8-2-9-21-35/h1-15,18-27,43H,16-17,28-33H2,(H,42,49). The average Bonchev–Trinajstić information content (AvgIpc) is 3.62. The molecule has 0 fully saturated rings. The highest BCUT2D eigenvalue weighted by molar-refractivity contribution is 5.76. The van der Waals surface area contributed by atoms with Gasteiger partial charge in [-0.1, -0.05) is 157 Å². The summed E-state index contributed by atoms with van der Waals surface area (Å²) in [7, 11) is 0. The summed E-state index contributed by atoms with van der Waals surface area (Å²) in [5.41, 5.74) is 5.12. The van der Waals surface area contributed by atoms with Gasteiger partial charge in [-0.25, -0.2) is 4.68 Å². The van der Waals surface area contributed by atoms with E-state index in [0.717, 1.165) is 47.6 Å². The van der Waals surface area contributed by atoms with Gasteiger partial charge in [-0.2, -0.15) is 0 Å². The van der Waals surface area contributed by atoms with Crippen molar-refractivity contribution in [2.75, 3.05) is 24.5 Å². The molecule has 0 unspecified atom stereocenters. The number of nitrogens with one attached hydrogen (secondary N) is 2. The zero-order valence-corrected chi connectivity index (χ0v) is 27.7. The van der Waals surface area contributed by atoms with Crippen molar-refractivity contribution >= 4 is 11.9 Å². The minimum absolute atomic E-state index is 0.0310. The van der Waals surface area contributed by atoms with Crippen LogP contribution in [-0.4, -0.2) is 45.7 Å². The second-order valence-electron chi connectivity index (χ2n) is 12.1. The number of amides is 1. The first kappa shape index (κ1) is 33.3. The third-order valence-corrected chi connectivity index (χ3v) is 8.73. The van der Waals surface area contributed by atoms with Crippen molar-refractivity contribution in [3.8, 4) is 0 Å². The molecule has 6 rings (SSSR count). The molecule has 1 aromatic heterocycles. The Hall–Kier alpha value is -5.60. The molecule has 0 saturated carbocycles. The van der Waals surface area contributed by atoms with Crippen LogP contribution < -0.4 is 15.5 Å². The van der Waals surface area contributed by atoms with E-state index in [2.05, 4.69) is 140 Å². The fraction of sp³-hybridized carbons (Fsp3) is 0.220. The molecule has 6 aromatic rings. The molecule has 1 heterocycles. The number of benzene rings is 5. The van der Waals surface area contributed by atoms with E-state index >= 15 is 0 Å². The van der Waals surface area contributed by atoms with Gasteiger partial charge < -0.3 is 10.2 Å². The van der Waals surface area contributed by atoms with Crippen LogP contribution in [0.3, 0.4) is 0 Å². The summed E-state index contributed by atoms with van der Waals surface area (Å²) in [6.07, 6.45) is 2.08. The summed E-state index contributed by atoms with van der Waals surface area (Å²) in [4.78, 5) is 15.3. The Morgan fingerprint density at radius 3 is 1.69 bits per heavy atom. The molecular weight excluding hydrogens is 606 g/mol. The minimum Gasteiger partial charge on any atom is -0.356 e. The highest BCUT2D eigenvalue weighted by atomic mass is 16.1. The number of carbonyl (C=O) groups excluding carboxylic acids is 1. The quantitative estimate of drug-likeness (QED) is 0.0856. The topological polar surface area (TPSA) is 88.0 Å². The number of hydrogen-bond donors (Lipinski definition) is 2.